The smallest absolute Gasteiger partial charge is 0.246 e. The molecule has 0 radical (unpaired) electrons. The Morgan fingerprint density at radius 3 is 2.85 bits per heavy atom. The molecule has 112 valence electrons. The Labute approximate surface area is 119 Å². The lowest BCUT2D eigenvalue weighted by atomic mass is 9.89. The first-order valence-electron chi connectivity index (χ1n) is 7.45. The van der Waals surface area contributed by atoms with Crippen LogP contribution in [0, 0.1) is 5.92 Å². The highest BCUT2D eigenvalue weighted by Crippen LogP contribution is 2.23. The molecule has 0 aromatic carbocycles. The van der Waals surface area contributed by atoms with Crippen LogP contribution in [0.15, 0.2) is 4.52 Å². The molecular weight excluding hydrogens is 256 g/mol. The summed E-state index contributed by atoms with van der Waals surface area (Å²) in [4.78, 5) is 16.3. The van der Waals surface area contributed by atoms with Crippen LogP contribution in [0.25, 0.3) is 0 Å². The number of rotatable bonds is 6. The van der Waals surface area contributed by atoms with Gasteiger partial charge in [0.1, 0.15) is 0 Å². The van der Waals surface area contributed by atoms with E-state index in [2.05, 4.69) is 27.7 Å². The summed E-state index contributed by atoms with van der Waals surface area (Å²) in [6.45, 7) is 2.39. The second kappa shape index (κ2) is 7.38. The standard InChI is InChI=1S/C14H24N4O2/c1-10(15-2)8-12-17-13(20-18-12)9-16-14(19)11-6-4-3-5-7-11/h10-11,15H,3-9H2,1-2H3,(H,16,19). The van der Waals surface area contributed by atoms with Gasteiger partial charge >= 0.3 is 0 Å². The van der Waals surface area contributed by atoms with Crippen LogP contribution in [0.2, 0.25) is 0 Å². The van der Waals surface area contributed by atoms with E-state index >= 15 is 0 Å². The minimum atomic E-state index is 0.119. The van der Waals surface area contributed by atoms with Crippen LogP contribution in [0.5, 0.6) is 0 Å². The monoisotopic (exact) mass is 280 g/mol. The van der Waals surface area contributed by atoms with Crippen LogP contribution in [-0.2, 0) is 17.8 Å². The summed E-state index contributed by atoms with van der Waals surface area (Å²) in [5.41, 5.74) is 0. The largest absolute Gasteiger partial charge is 0.347 e. The van der Waals surface area contributed by atoms with Crippen molar-refractivity contribution in [3.05, 3.63) is 11.7 Å². The van der Waals surface area contributed by atoms with Crippen LogP contribution in [0.1, 0.15) is 50.7 Å². The second-order valence-corrected chi connectivity index (χ2v) is 5.55. The topological polar surface area (TPSA) is 80.0 Å². The van der Waals surface area contributed by atoms with Crippen LogP contribution in [-0.4, -0.2) is 29.1 Å². The zero-order chi connectivity index (χ0) is 14.4. The summed E-state index contributed by atoms with van der Waals surface area (Å²) < 4.78 is 5.14. The van der Waals surface area contributed by atoms with Gasteiger partial charge in [0.2, 0.25) is 11.8 Å². The van der Waals surface area contributed by atoms with Gasteiger partial charge in [-0.05, 0) is 26.8 Å². The summed E-state index contributed by atoms with van der Waals surface area (Å²) >= 11 is 0. The highest BCUT2D eigenvalue weighted by atomic mass is 16.5. The minimum Gasteiger partial charge on any atom is -0.347 e. The molecule has 0 saturated heterocycles. The number of nitrogens with one attached hydrogen (secondary N) is 2. The van der Waals surface area contributed by atoms with E-state index in [-0.39, 0.29) is 11.8 Å². The summed E-state index contributed by atoms with van der Waals surface area (Å²) in [5, 5.41) is 9.94. The van der Waals surface area contributed by atoms with E-state index in [9.17, 15) is 4.79 Å². The molecule has 1 aromatic heterocycles. The molecule has 1 amide bonds. The molecule has 2 N–H and O–H groups in total. The number of likely N-dealkylation sites (N-methyl/N-ethyl adjacent to an activating group) is 1. The molecule has 0 spiro atoms. The summed E-state index contributed by atoms with van der Waals surface area (Å²) in [5.74, 6) is 1.43. The Hall–Kier alpha value is -1.43. The molecule has 0 bridgehead atoms. The van der Waals surface area contributed by atoms with Crippen molar-refractivity contribution in [3.63, 3.8) is 0 Å². The zero-order valence-electron chi connectivity index (χ0n) is 12.3. The van der Waals surface area contributed by atoms with E-state index in [0.717, 1.165) is 32.1 Å². The molecule has 2 rings (SSSR count). The molecule has 6 nitrogen and oxygen atoms in total. The number of carbonyl (C=O) groups excluding carboxylic acids is 1. The van der Waals surface area contributed by atoms with Crippen molar-refractivity contribution in [1.29, 1.82) is 0 Å². The molecule has 6 heteroatoms. The first-order chi connectivity index (χ1) is 9.69. The van der Waals surface area contributed by atoms with E-state index in [4.69, 9.17) is 4.52 Å². The summed E-state index contributed by atoms with van der Waals surface area (Å²) in [6.07, 6.45) is 6.29. The molecular formula is C14H24N4O2. The molecule has 1 atom stereocenters. The Bertz CT molecular complexity index is 427. The quantitative estimate of drug-likeness (QED) is 0.823. The predicted octanol–water partition coefficient (Wildman–Crippen LogP) is 1.42. The molecule has 1 unspecified atom stereocenters. The highest BCUT2D eigenvalue weighted by Gasteiger charge is 2.21. The summed E-state index contributed by atoms with van der Waals surface area (Å²) in [7, 11) is 1.90. The van der Waals surface area contributed by atoms with E-state index in [1.807, 2.05) is 7.05 Å². The molecule has 1 fully saturated rings. The number of aromatic nitrogens is 2. The van der Waals surface area contributed by atoms with Crippen LogP contribution in [0.3, 0.4) is 0 Å². The normalized spacial score (nSPS) is 17.9. The number of nitrogens with zero attached hydrogens (tertiary/aromatic N) is 2. The van der Waals surface area contributed by atoms with Gasteiger partial charge in [-0.25, -0.2) is 0 Å². The third-order valence-corrected chi connectivity index (χ3v) is 3.88. The maximum atomic E-state index is 12.0. The Morgan fingerprint density at radius 2 is 2.15 bits per heavy atom. The maximum Gasteiger partial charge on any atom is 0.246 e. The van der Waals surface area contributed by atoms with Gasteiger partial charge in [0, 0.05) is 18.4 Å². The fourth-order valence-electron chi connectivity index (χ4n) is 2.49. The van der Waals surface area contributed by atoms with Crippen molar-refractivity contribution < 1.29 is 9.32 Å². The molecule has 1 aliphatic rings. The fraction of sp³-hybridized carbons (Fsp3) is 0.786. The lowest BCUT2D eigenvalue weighted by Gasteiger charge is -2.20. The Kier molecular flexibility index (Phi) is 5.52. The van der Waals surface area contributed by atoms with Crippen molar-refractivity contribution in [1.82, 2.24) is 20.8 Å². The van der Waals surface area contributed by atoms with Gasteiger partial charge in [0.15, 0.2) is 5.82 Å². The van der Waals surface area contributed by atoms with Crippen LogP contribution >= 0.6 is 0 Å². The van der Waals surface area contributed by atoms with Crippen molar-refractivity contribution in [2.45, 2.75) is 58.0 Å². The molecule has 20 heavy (non-hydrogen) atoms. The molecule has 1 aliphatic carbocycles. The highest BCUT2D eigenvalue weighted by molar-refractivity contribution is 5.78. The molecule has 1 saturated carbocycles. The maximum absolute atomic E-state index is 12.0. The van der Waals surface area contributed by atoms with Gasteiger partial charge < -0.3 is 15.2 Å². The lowest BCUT2D eigenvalue weighted by molar-refractivity contribution is -0.126. The van der Waals surface area contributed by atoms with E-state index in [1.54, 1.807) is 0 Å². The van der Waals surface area contributed by atoms with Crippen molar-refractivity contribution in [2.24, 2.45) is 5.92 Å². The molecule has 1 heterocycles. The van der Waals surface area contributed by atoms with Gasteiger partial charge in [-0.2, -0.15) is 4.98 Å². The Morgan fingerprint density at radius 1 is 1.40 bits per heavy atom. The first-order valence-corrected chi connectivity index (χ1v) is 7.45. The van der Waals surface area contributed by atoms with Gasteiger partial charge in [-0.3, -0.25) is 4.79 Å². The van der Waals surface area contributed by atoms with Gasteiger partial charge in [0.25, 0.3) is 0 Å². The van der Waals surface area contributed by atoms with E-state index in [0.29, 0.717) is 24.3 Å². The Balaban J connectivity index is 1.77. The summed E-state index contributed by atoms with van der Waals surface area (Å²) in [6, 6.07) is 0.303. The van der Waals surface area contributed by atoms with Crippen molar-refractivity contribution in [2.75, 3.05) is 7.05 Å². The fourth-order valence-corrected chi connectivity index (χ4v) is 2.49. The van der Waals surface area contributed by atoms with Gasteiger partial charge in [0.05, 0.1) is 6.54 Å². The average Bonchev–Trinajstić information content (AvgIpc) is 2.93. The number of hydrogen-bond acceptors (Lipinski definition) is 5. The molecule has 0 aliphatic heterocycles. The average molecular weight is 280 g/mol. The second-order valence-electron chi connectivity index (χ2n) is 5.55. The van der Waals surface area contributed by atoms with Gasteiger partial charge in [-0.15, -0.1) is 0 Å². The molecule has 1 aromatic rings. The minimum absolute atomic E-state index is 0.119. The number of carbonyl (C=O) groups is 1. The zero-order valence-corrected chi connectivity index (χ0v) is 12.3. The van der Waals surface area contributed by atoms with Gasteiger partial charge in [-0.1, -0.05) is 24.4 Å². The lowest BCUT2D eigenvalue weighted by Crippen LogP contribution is -2.31. The van der Waals surface area contributed by atoms with E-state index < -0.39 is 0 Å². The van der Waals surface area contributed by atoms with E-state index in [1.165, 1.54) is 6.42 Å². The number of hydrogen-bond donors (Lipinski definition) is 2. The van der Waals surface area contributed by atoms with Crippen molar-refractivity contribution >= 4 is 5.91 Å². The third-order valence-electron chi connectivity index (χ3n) is 3.88. The van der Waals surface area contributed by atoms with Crippen LogP contribution < -0.4 is 10.6 Å². The predicted molar refractivity (Wildman–Crippen MR) is 74.9 cm³/mol. The van der Waals surface area contributed by atoms with Crippen LogP contribution in [0.4, 0.5) is 0 Å². The van der Waals surface area contributed by atoms with Crippen molar-refractivity contribution in [3.8, 4) is 0 Å². The SMILES string of the molecule is CNC(C)Cc1noc(CNC(=O)C2CCCCC2)n1. The number of amides is 1. The third kappa shape index (κ3) is 4.30. The first kappa shape index (κ1) is 15.0.